The lowest BCUT2D eigenvalue weighted by Gasteiger charge is -2.08. The van der Waals surface area contributed by atoms with Gasteiger partial charge in [-0.25, -0.2) is 0 Å². The van der Waals surface area contributed by atoms with Gasteiger partial charge in [0.15, 0.2) is 0 Å². The highest BCUT2D eigenvalue weighted by atomic mass is 79.9. The Kier molecular flexibility index (Phi) is 5.20. The molecule has 1 aromatic carbocycles. The van der Waals surface area contributed by atoms with Crippen LogP contribution in [0, 0.1) is 0 Å². The summed E-state index contributed by atoms with van der Waals surface area (Å²) < 4.78 is 1.01. The number of aliphatic hydroxyl groups excluding tert-OH is 1. The summed E-state index contributed by atoms with van der Waals surface area (Å²) in [5.41, 5.74) is 2.00. The molecule has 2 rings (SSSR count). The number of rotatable bonds is 6. The highest BCUT2D eigenvalue weighted by Crippen LogP contribution is 2.22. The van der Waals surface area contributed by atoms with Crippen molar-refractivity contribution < 1.29 is 9.90 Å². The van der Waals surface area contributed by atoms with E-state index in [2.05, 4.69) is 26.2 Å². The summed E-state index contributed by atoms with van der Waals surface area (Å²) in [5.74, 6) is -0.0166. The van der Waals surface area contributed by atoms with Gasteiger partial charge in [0.25, 0.3) is 0 Å². The molecule has 0 radical (unpaired) electrons. The van der Waals surface area contributed by atoms with Crippen LogP contribution >= 0.6 is 15.9 Å². The van der Waals surface area contributed by atoms with Crippen molar-refractivity contribution in [1.82, 2.24) is 10.3 Å². The van der Waals surface area contributed by atoms with Gasteiger partial charge in [-0.15, -0.1) is 0 Å². The SMILES string of the molecule is CCC(O)CCNC(=O)Cc1c[nH]c2cc(Br)ccc12. The zero-order chi connectivity index (χ0) is 14.5. The number of hydrogen-bond donors (Lipinski definition) is 3. The standard InChI is InChI=1S/C15H19BrN2O2/c1-2-12(19)5-6-17-15(20)7-10-9-18-14-8-11(16)3-4-13(10)14/h3-4,8-9,12,18-19H,2,5-7H2,1H3,(H,17,20). The molecule has 108 valence electrons. The largest absolute Gasteiger partial charge is 0.393 e. The summed E-state index contributed by atoms with van der Waals surface area (Å²) >= 11 is 3.42. The normalized spacial score (nSPS) is 12.6. The number of fused-ring (bicyclic) bond motifs is 1. The summed E-state index contributed by atoms with van der Waals surface area (Å²) in [6.07, 6.45) is 3.21. The Bertz CT molecular complexity index is 595. The van der Waals surface area contributed by atoms with Crippen LogP contribution in [0.1, 0.15) is 25.3 Å². The van der Waals surface area contributed by atoms with Gasteiger partial charge in [-0.3, -0.25) is 4.79 Å². The summed E-state index contributed by atoms with van der Waals surface area (Å²) in [5, 5.41) is 13.3. The van der Waals surface area contributed by atoms with Crippen LogP contribution < -0.4 is 5.32 Å². The third-order valence-corrected chi connectivity index (χ3v) is 3.84. The zero-order valence-corrected chi connectivity index (χ0v) is 13.0. The molecule has 0 aliphatic rings. The number of amides is 1. The second-order valence-corrected chi connectivity index (χ2v) is 5.80. The average molecular weight is 339 g/mol. The first-order valence-electron chi connectivity index (χ1n) is 6.80. The van der Waals surface area contributed by atoms with E-state index in [1.165, 1.54) is 0 Å². The summed E-state index contributed by atoms with van der Waals surface area (Å²) in [6.45, 7) is 2.44. The van der Waals surface area contributed by atoms with Gasteiger partial charge < -0.3 is 15.4 Å². The van der Waals surface area contributed by atoms with Crippen molar-refractivity contribution >= 4 is 32.7 Å². The van der Waals surface area contributed by atoms with Crippen LogP contribution in [-0.4, -0.2) is 28.6 Å². The maximum atomic E-state index is 11.9. The monoisotopic (exact) mass is 338 g/mol. The smallest absolute Gasteiger partial charge is 0.224 e. The summed E-state index contributed by atoms with van der Waals surface area (Å²) in [4.78, 5) is 15.0. The zero-order valence-electron chi connectivity index (χ0n) is 11.4. The number of hydrogen-bond acceptors (Lipinski definition) is 2. The molecule has 1 aromatic heterocycles. The first-order valence-corrected chi connectivity index (χ1v) is 7.59. The Balaban J connectivity index is 1.93. The molecule has 0 saturated carbocycles. The predicted molar refractivity (Wildman–Crippen MR) is 83.6 cm³/mol. The molecule has 1 atom stereocenters. The molecule has 5 heteroatoms. The molecule has 20 heavy (non-hydrogen) atoms. The molecule has 1 unspecified atom stereocenters. The molecular weight excluding hydrogens is 320 g/mol. The topological polar surface area (TPSA) is 65.1 Å². The van der Waals surface area contributed by atoms with E-state index in [-0.39, 0.29) is 12.0 Å². The van der Waals surface area contributed by atoms with Crippen molar-refractivity contribution in [2.75, 3.05) is 6.54 Å². The van der Waals surface area contributed by atoms with Crippen LogP contribution in [0.5, 0.6) is 0 Å². The first kappa shape index (κ1) is 15.1. The van der Waals surface area contributed by atoms with Gasteiger partial charge in [-0.05, 0) is 30.5 Å². The van der Waals surface area contributed by atoms with Crippen LogP contribution in [0.15, 0.2) is 28.9 Å². The first-order chi connectivity index (χ1) is 9.60. The van der Waals surface area contributed by atoms with Gasteiger partial charge in [0.05, 0.1) is 12.5 Å². The number of nitrogens with one attached hydrogen (secondary N) is 2. The van der Waals surface area contributed by atoms with Gasteiger partial charge in [0.1, 0.15) is 0 Å². The fourth-order valence-electron chi connectivity index (χ4n) is 2.12. The Hall–Kier alpha value is -1.33. The number of carbonyl (C=O) groups excluding carboxylic acids is 1. The molecular formula is C15H19BrN2O2. The van der Waals surface area contributed by atoms with Crippen LogP contribution in [0.2, 0.25) is 0 Å². The fourth-order valence-corrected chi connectivity index (χ4v) is 2.48. The third kappa shape index (κ3) is 3.84. The average Bonchev–Trinajstić information content (AvgIpc) is 2.80. The molecule has 0 saturated heterocycles. The number of aliphatic hydroxyl groups is 1. The molecule has 1 amide bonds. The van der Waals surface area contributed by atoms with E-state index in [1.807, 2.05) is 31.3 Å². The van der Waals surface area contributed by atoms with Crippen LogP contribution in [0.4, 0.5) is 0 Å². The molecule has 2 aromatic rings. The number of H-pyrrole nitrogens is 1. The molecule has 0 bridgehead atoms. The quantitative estimate of drug-likeness (QED) is 0.758. The van der Waals surface area contributed by atoms with Crippen molar-refractivity contribution in [2.24, 2.45) is 0 Å². The van der Waals surface area contributed by atoms with Gasteiger partial charge in [-0.1, -0.05) is 28.9 Å². The third-order valence-electron chi connectivity index (χ3n) is 3.35. The maximum Gasteiger partial charge on any atom is 0.224 e. The Morgan fingerprint density at radius 3 is 3.05 bits per heavy atom. The lowest BCUT2D eigenvalue weighted by molar-refractivity contribution is -0.120. The van der Waals surface area contributed by atoms with Crippen molar-refractivity contribution in [3.63, 3.8) is 0 Å². The van der Waals surface area contributed by atoms with Gasteiger partial charge in [0, 0.05) is 28.1 Å². The van der Waals surface area contributed by atoms with E-state index in [0.717, 1.165) is 20.9 Å². The predicted octanol–water partition coefficient (Wildman–Crippen LogP) is 2.75. The van der Waals surface area contributed by atoms with E-state index in [1.54, 1.807) is 0 Å². The fraction of sp³-hybridized carbons (Fsp3) is 0.400. The number of halogens is 1. The van der Waals surface area contributed by atoms with E-state index in [0.29, 0.717) is 25.8 Å². The molecule has 0 aliphatic heterocycles. The van der Waals surface area contributed by atoms with E-state index in [4.69, 9.17) is 0 Å². The van der Waals surface area contributed by atoms with Crippen molar-refractivity contribution in [2.45, 2.75) is 32.3 Å². The molecule has 4 nitrogen and oxygen atoms in total. The molecule has 0 spiro atoms. The Labute approximate surface area is 126 Å². The highest BCUT2D eigenvalue weighted by Gasteiger charge is 2.09. The van der Waals surface area contributed by atoms with Gasteiger partial charge in [-0.2, -0.15) is 0 Å². The van der Waals surface area contributed by atoms with Crippen LogP contribution in [0.3, 0.4) is 0 Å². The van der Waals surface area contributed by atoms with Crippen molar-refractivity contribution in [3.05, 3.63) is 34.4 Å². The van der Waals surface area contributed by atoms with E-state index in [9.17, 15) is 9.90 Å². The maximum absolute atomic E-state index is 11.9. The van der Waals surface area contributed by atoms with Gasteiger partial charge >= 0.3 is 0 Å². The lowest BCUT2D eigenvalue weighted by Crippen LogP contribution is -2.28. The molecule has 0 aliphatic carbocycles. The summed E-state index contributed by atoms with van der Waals surface area (Å²) in [6, 6.07) is 5.96. The van der Waals surface area contributed by atoms with Crippen LogP contribution in [-0.2, 0) is 11.2 Å². The van der Waals surface area contributed by atoms with Crippen molar-refractivity contribution in [3.8, 4) is 0 Å². The molecule has 3 N–H and O–H groups in total. The number of aromatic amines is 1. The van der Waals surface area contributed by atoms with Gasteiger partial charge in [0.2, 0.25) is 5.91 Å². The lowest BCUT2D eigenvalue weighted by atomic mass is 10.1. The Morgan fingerprint density at radius 1 is 1.50 bits per heavy atom. The Morgan fingerprint density at radius 2 is 2.30 bits per heavy atom. The minimum atomic E-state index is -0.333. The minimum Gasteiger partial charge on any atom is -0.393 e. The second-order valence-electron chi connectivity index (χ2n) is 4.88. The van der Waals surface area contributed by atoms with Crippen LogP contribution in [0.25, 0.3) is 10.9 Å². The number of aromatic nitrogens is 1. The van der Waals surface area contributed by atoms with E-state index >= 15 is 0 Å². The van der Waals surface area contributed by atoms with E-state index < -0.39 is 0 Å². The summed E-state index contributed by atoms with van der Waals surface area (Å²) in [7, 11) is 0. The number of benzene rings is 1. The molecule has 1 heterocycles. The molecule has 0 fully saturated rings. The minimum absolute atomic E-state index is 0.0166. The van der Waals surface area contributed by atoms with Crippen molar-refractivity contribution in [1.29, 1.82) is 0 Å². The number of carbonyl (C=O) groups is 1. The second kappa shape index (κ2) is 6.90. The highest BCUT2D eigenvalue weighted by molar-refractivity contribution is 9.10.